The Morgan fingerprint density at radius 2 is 2.18 bits per heavy atom. The molecular formula is C8H12N4O5. The molecule has 0 aromatic rings. The van der Waals surface area contributed by atoms with E-state index >= 15 is 0 Å². The molecule has 0 aromatic heterocycles. The van der Waals surface area contributed by atoms with Crippen LogP contribution in [0.5, 0.6) is 0 Å². The van der Waals surface area contributed by atoms with Gasteiger partial charge in [0.2, 0.25) is 11.8 Å². The van der Waals surface area contributed by atoms with Crippen LogP contribution in [-0.4, -0.2) is 59.5 Å². The number of imide groups is 1. The first kappa shape index (κ1) is 12.9. The van der Waals surface area contributed by atoms with Crippen molar-refractivity contribution in [2.75, 3.05) is 19.6 Å². The van der Waals surface area contributed by atoms with Gasteiger partial charge in [-0.2, -0.15) is 0 Å². The van der Waals surface area contributed by atoms with Crippen LogP contribution >= 0.6 is 0 Å². The summed E-state index contributed by atoms with van der Waals surface area (Å²) in [6.45, 7) is -0.968. The van der Waals surface area contributed by atoms with Crippen molar-refractivity contribution in [3.8, 4) is 0 Å². The molecule has 94 valence electrons. The fraction of sp³-hybridized carbons (Fsp3) is 0.500. The van der Waals surface area contributed by atoms with Crippen LogP contribution in [0.15, 0.2) is 0 Å². The molecule has 5 N–H and O–H groups in total. The van der Waals surface area contributed by atoms with Crippen LogP contribution in [0.25, 0.3) is 0 Å². The number of nitrogens with two attached hydrogens (primary N) is 1. The van der Waals surface area contributed by atoms with Crippen LogP contribution in [0.3, 0.4) is 0 Å². The summed E-state index contributed by atoms with van der Waals surface area (Å²) in [6, 6.07) is -0.652. The summed E-state index contributed by atoms with van der Waals surface area (Å²) >= 11 is 0. The second-order valence-corrected chi connectivity index (χ2v) is 3.36. The van der Waals surface area contributed by atoms with Crippen molar-refractivity contribution in [2.45, 2.75) is 6.10 Å². The van der Waals surface area contributed by atoms with E-state index in [1.807, 2.05) is 0 Å². The van der Waals surface area contributed by atoms with Gasteiger partial charge in [-0.25, -0.2) is 4.79 Å². The van der Waals surface area contributed by atoms with Crippen molar-refractivity contribution >= 4 is 23.8 Å². The zero-order valence-corrected chi connectivity index (χ0v) is 8.80. The Morgan fingerprint density at radius 1 is 1.53 bits per heavy atom. The normalized spacial score (nSPS) is 16.6. The molecule has 9 heteroatoms. The topological polar surface area (TPSA) is 142 Å². The average Bonchev–Trinajstić information content (AvgIpc) is 2.57. The second-order valence-electron chi connectivity index (χ2n) is 3.36. The van der Waals surface area contributed by atoms with E-state index < -0.39 is 36.4 Å². The Labute approximate surface area is 95.9 Å². The molecular weight excluding hydrogens is 232 g/mol. The molecule has 0 saturated carbocycles. The first-order valence-corrected chi connectivity index (χ1v) is 4.74. The van der Waals surface area contributed by atoms with Gasteiger partial charge in [-0.15, -0.1) is 0 Å². The molecule has 1 aliphatic heterocycles. The minimum absolute atomic E-state index is 0.143. The molecule has 1 fully saturated rings. The zero-order chi connectivity index (χ0) is 13.0. The number of nitrogens with zero attached hydrogens (tertiary/aromatic N) is 1. The van der Waals surface area contributed by atoms with E-state index in [9.17, 15) is 19.2 Å². The summed E-state index contributed by atoms with van der Waals surface area (Å²) < 4.78 is 0. The molecule has 1 saturated heterocycles. The SMILES string of the molecule is NC(=O)C(O)CNC(=O)CN1C(=O)CNC1=O. The molecule has 17 heavy (non-hydrogen) atoms. The third kappa shape index (κ3) is 3.41. The Bertz CT molecular complexity index is 353. The number of hydrogen-bond donors (Lipinski definition) is 4. The Hall–Kier alpha value is -2.16. The number of amides is 5. The van der Waals surface area contributed by atoms with Gasteiger partial charge in [-0.3, -0.25) is 19.3 Å². The predicted molar refractivity (Wildman–Crippen MR) is 53.3 cm³/mol. The van der Waals surface area contributed by atoms with Crippen LogP contribution in [-0.2, 0) is 14.4 Å². The molecule has 9 nitrogen and oxygen atoms in total. The molecule has 0 bridgehead atoms. The number of nitrogens with one attached hydrogen (secondary N) is 2. The van der Waals surface area contributed by atoms with Gasteiger partial charge in [0.25, 0.3) is 5.91 Å². The first-order valence-electron chi connectivity index (χ1n) is 4.74. The van der Waals surface area contributed by atoms with Gasteiger partial charge in [0.15, 0.2) is 0 Å². The molecule has 0 aliphatic carbocycles. The van der Waals surface area contributed by atoms with Crippen LogP contribution in [0.4, 0.5) is 4.79 Å². The second kappa shape index (κ2) is 5.25. The Morgan fingerprint density at radius 3 is 2.65 bits per heavy atom. The Balaban J connectivity index is 2.37. The maximum atomic E-state index is 11.3. The van der Waals surface area contributed by atoms with E-state index in [0.717, 1.165) is 4.90 Å². The summed E-state index contributed by atoms with van der Waals surface area (Å²) in [5.41, 5.74) is 4.76. The molecule has 0 aromatic carbocycles. The summed E-state index contributed by atoms with van der Waals surface area (Å²) in [6.07, 6.45) is -1.50. The first-order chi connectivity index (χ1) is 7.91. The highest BCUT2D eigenvalue weighted by Crippen LogP contribution is 1.97. The molecule has 0 radical (unpaired) electrons. The highest BCUT2D eigenvalue weighted by Gasteiger charge is 2.30. The smallest absolute Gasteiger partial charge is 0.325 e. The molecule has 1 unspecified atom stereocenters. The molecule has 1 heterocycles. The number of primary amides is 1. The molecule has 1 aliphatic rings. The number of aliphatic hydroxyl groups excluding tert-OH is 1. The minimum atomic E-state index is -1.50. The van der Waals surface area contributed by atoms with Crippen molar-refractivity contribution in [3.63, 3.8) is 0 Å². The standard InChI is InChI=1S/C8H12N4O5/c9-7(16)4(13)1-10-5(14)3-12-6(15)2-11-8(12)17/h4,13H,1-3H2,(H2,9,16)(H,10,14)(H,11,17). The monoisotopic (exact) mass is 244 g/mol. The van der Waals surface area contributed by atoms with Gasteiger partial charge < -0.3 is 21.5 Å². The summed E-state index contributed by atoms with van der Waals surface area (Å²) in [7, 11) is 0. The maximum Gasteiger partial charge on any atom is 0.325 e. The fourth-order valence-electron chi connectivity index (χ4n) is 1.13. The van der Waals surface area contributed by atoms with Gasteiger partial charge in [0, 0.05) is 0 Å². The van der Waals surface area contributed by atoms with E-state index in [2.05, 4.69) is 10.6 Å². The van der Waals surface area contributed by atoms with Gasteiger partial charge in [-0.05, 0) is 0 Å². The zero-order valence-electron chi connectivity index (χ0n) is 8.80. The van der Waals surface area contributed by atoms with Crippen LogP contribution in [0.2, 0.25) is 0 Å². The number of aliphatic hydroxyl groups is 1. The highest BCUT2D eigenvalue weighted by molar-refractivity contribution is 6.04. The van der Waals surface area contributed by atoms with Crippen molar-refractivity contribution in [1.82, 2.24) is 15.5 Å². The molecule has 1 atom stereocenters. The number of rotatable bonds is 5. The van der Waals surface area contributed by atoms with Crippen molar-refractivity contribution in [1.29, 1.82) is 0 Å². The lowest BCUT2D eigenvalue weighted by Gasteiger charge is -2.13. The lowest BCUT2D eigenvalue weighted by molar-refractivity contribution is -0.131. The lowest BCUT2D eigenvalue weighted by atomic mass is 10.3. The number of carbonyl (C=O) groups is 4. The van der Waals surface area contributed by atoms with Gasteiger partial charge >= 0.3 is 6.03 Å². The molecule has 0 spiro atoms. The van der Waals surface area contributed by atoms with Gasteiger partial charge in [-0.1, -0.05) is 0 Å². The summed E-state index contributed by atoms with van der Waals surface area (Å²) in [4.78, 5) is 44.6. The van der Waals surface area contributed by atoms with E-state index in [1.54, 1.807) is 0 Å². The third-order valence-corrected chi connectivity index (χ3v) is 2.06. The third-order valence-electron chi connectivity index (χ3n) is 2.06. The maximum absolute atomic E-state index is 11.3. The number of hydrogen-bond acceptors (Lipinski definition) is 5. The molecule has 1 rings (SSSR count). The molecule has 5 amide bonds. The summed E-state index contributed by atoms with van der Waals surface area (Å²) in [5.74, 6) is -2.16. The van der Waals surface area contributed by atoms with Crippen LogP contribution < -0.4 is 16.4 Å². The van der Waals surface area contributed by atoms with E-state index in [1.165, 1.54) is 0 Å². The minimum Gasteiger partial charge on any atom is -0.381 e. The van der Waals surface area contributed by atoms with Crippen molar-refractivity contribution in [3.05, 3.63) is 0 Å². The quantitative estimate of drug-likeness (QED) is 0.371. The largest absolute Gasteiger partial charge is 0.381 e. The van der Waals surface area contributed by atoms with E-state index in [0.29, 0.717) is 0 Å². The summed E-state index contributed by atoms with van der Waals surface area (Å²) in [5, 5.41) is 13.4. The fourth-order valence-corrected chi connectivity index (χ4v) is 1.13. The van der Waals surface area contributed by atoms with Gasteiger partial charge in [0.1, 0.15) is 12.6 Å². The van der Waals surface area contributed by atoms with Crippen molar-refractivity contribution in [2.24, 2.45) is 5.73 Å². The predicted octanol–water partition coefficient (Wildman–Crippen LogP) is -3.50. The number of carbonyl (C=O) groups excluding carboxylic acids is 4. The Kier molecular flexibility index (Phi) is 3.99. The van der Waals surface area contributed by atoms with Crippen LogP contribution in [0.1, 0.15) is 0 Å². The number of urea groups is 1. The average molecular weight is 244 g/mol. The van der Waals surface area contributed by atoms with Gasteiger partial charge in [0.05, 0.1) is 13.1 Å². The van der Waals surface area contributed by atoms with Crippen molar-refractivity contribution < 1.29 is 24.3 Å². The lowest BCUT2D eigenvalue weighted by Crippen LogP contribution is -2.45. The van der Waals surface area contributed by atoms with E-state index in [4.69, 9.17) is 10.8 Å². The van der Waals surface area contributed by atoms with E-state index in [-0.39, 0.29) is 13.1 Å². The highest BCUT2D eigenvalue weighted by atomic mass is 16.3. The van der Waals surface area contributed by atoms with Crippen LogP contribution in [0, 0.1) is 0 Å².